The fourth-order valence-corrected chi connectivity index (χ4v) is 2.00. The van der Waals surface area contributed by atoms with E-state index in [4.69, 9.17) is 5.73 Å². The zero-order chi connectivity index (χ0) is 14.1. The number of ether oxygens (including phenoxy) is 1. The molecule has 0 bridgehead atoms. The van der Waals surface area contributed by atoms with Gasteiger partial charge < -0.3 is 10.5 Å². The quantitative estimate of drug-likeness (QED) is 0.716. The number of fused-ring (bicyclic) bond motifs is 1. The first-order chi connectivity index (χ1) is 9.70. The lowest BCUT2D eigenvalue weighted by molar-refractivity contribution is 0.0601. The number of hydrogen-bond donors (Lipinski definition) is 1. The molecule has 20 heavy (non-hydrogen) atoms. The lowest BCUT2D eigenvalue weighted by atomic mass is 10.1. The van der Waals surface area contributed by atoms with Crippen molar-refractivity contribution >= 4 is 17.6 Å². The number of carbonyl (C=O) groups excluding carboxylic acids is 1. The Morgan fingerprint density at radius 2 is 2.05 bits per heavy atom. The molecule has 2 N–H and O–H groups in total. The molecule has 3 aromatic rings. The van der Waals surface area contributed by atoms with Crippen LogP contribution >= 0.6 is 0 Å². The molecule has 1 aromatic carbocycles. The number of anilines is 1. The Morgan fingerprint density at radius 3 is 2.70 bits per heavy atom. The largest absolute Gasteiger partial charge is 0.465 e. The highest BCUT2D eigenvalue weighted by Gasteiger charge is 2.12. The molecule has 0 amide bonds. The number of carbonyl (C=O) groups is 1. The number of nitrogens with two attached hydrogens (primary N) is 1. The molecule has 0 fully saturated rings. The Hall–Kier alpha value is -2.89. The molecule has 3 rings (SSSR count). The average molecular weight is 268 g/mol. The Balaban J connectivity index is 2.07. The summed E-state index contributed by atoms with van der Waals surface area (Å²) in [7, 11) is 1.35. The number of esters is 1. The molecule has 0 aliphatic rings. The van der Waals surface area contributed by atoms with Crippen LogP contribution in [0.15, 0.2) is 42.7 Å². The van der Waals surface area contributed by atoms with Crippen LogP contribution in [0.3, 0.4) is 0 Å². The van der Waals surface area contributed by atoms with E-state index >= 15 is 0 Å². The molecule has 100 valence electrons. The summed E-state index contributed by atoms with van der Waals surface area (Å²) in [5.74, 6) is 0.678. The van der Waals surface area contributed by atoms with Crippen LogP contribution in [0, 0.1) is 0 Å². The molecule has 2 heterocycles. The van der Waals surface area contributed by atoms with Crippen LogP contribution < -0.4 is 5.73 Å². The molecule has 0 spiro atoms. The second-order valence-electron chi connectivity index (χ2n) is 4.20. The van der Waals surface area contributed by atoms with Gasteiger partial charge in [-0.25, -0.2) is 14.8 Å². The van der Waals surface area contributed by atoms with Gasteiger partial charge in [0.25, 0.3) is 0 Å². The van der Waals surface area contributed by atoms with Gasteiger partial charge in [-0.05, 0) is 18.2 Å². The summed E-state index contributed by atoms with van der Waals surface area (Å²) >= 11 is 0. The Bertz CT molecular complexity index is 777. The van der Waals surface area contributed by atoms with Gasteiger partial charge in [0.15, 0.2) is 0 Å². The van der Waals surface area contributed by atoms with Crippen LogP contribution in [0.1, 0.15) is 10.4 Å². The SMILES string of the molecule is COC(=O)c1ccc(-c2nc3ncccn3c2N)cc1. The van der Waals surface area contributed by atoms with Crippen molar-refractivity contribution in [1.82, 2.24) is 14.4 Å². The summed E-state index contributed by atoms with van der Waals surface area (Å²) in [6.07, 6.45) is 3.46. The van der Waals surface area contributed by atoms with Gasteiger partial charge >= 0.3 is 5.97 Å². The third-order valence-corrected chi connectivity index (χ3v) is 3.02. The Kier molecular flexibility index (Phi) is 2.83. The van der Waals surface area contributed by atoms with Gasteiger partial charge in [-0.2, -0.15) is 0 Å². The molecule has 0 unspecified atom stereocenters. The van der Waals surface area contributed by atoms with Gasteiger partial charge in [0.05, 0.1) is 12.7 Å². The van der Waals surface area contributed by atoms with Crippen molar-refractivity contribution in [3.8, 4) is 11.3 Å². The fourth-order valence-electron chi connectivity index (χ4n) is 2.00. The minimum Gasteiger partial charge on any atom is -0.465 e. The highest BCUT2D eigenvalue weighted by Crippen LogP contribution is 2.25. The van der Waals surface area contributed by atoms with Crippen molar-refractivity contribution in [2.75, 3.05) is 12.8 Å². The van der Waals surface area contributed by atoms with Crippen molar-refractivity contribution < 1.29 is 9.53 Å². The predicted molar refractivity (Wildman–Crippen MR) is 74.2 cm³/mol. The van der Waals surface area contributed by atoms with Gasteiger partial charge in [0.2, 0.25) is 5.78 Å². The summed E-state index contributed by atoms with van der Waals surface area (Å²) in [5.41, 5.74) is 8.01. The van der Waals surface area contributed by atoms with Crippen LogP contribution in [0.2, 0.25) is 0 Å². The van der Waals surface area contributed by atoms with Gasteiger partial charge in [-0.3, -0.25) is 4.40 Å². The van der Waals surface area contributed by atoms with Crippen LogP contribution in [0.25, 0.3) is 17.0 Å². The predicted octanol–water partition coefficient (Wildman–Crippen LogP) is 1.77. The molecule has 6 heteroatoms. The van der Waals surface area contributed by atoms with E-state index in [1.54, 1.807) is 47.1 Å². The molecule has 0 radical (unpaired) electrons. The first-order valence-electron chi connectivity index (χ1n) is 5.98. The zero-order valence-corrected chi connectivity index (χ0v) is 10.8. The standard InChI is InChI=1S/C14H12N4O2/c1-20-13(19)10-5-3-9(4-6-10)11-12(15)18-8-2-7-16-14(18)17-11/h2-8H,15H2,1H3. The van der Waals surface area contributed by atoms with Gasteiger partial charge in [0.1, 0.15) is 11.5 Å². The summed E-state index contributed by atoms with van der Waals surface area (Å²) in [4.78, 5) is 19.9. The van der Waals surface area contributed by atoms with Gasteiger partial charge in [0, 0.05) is 18.0 Å². The molecule has 0 saturated heterocycles. The van der Waals surface area contributed by atoms with Crippen molar-refractivity contribution in [1.29, 1.82) is 0 Å². The maximum atomic E-state index is 11.4. The van der Waals surface area contributed by atoms with Crippen LogP contribution in [-0.2, 0) is 4.74 Å². The van der Waals surface area contributed by atoms with Crippen molar-refractivity contribution in [3.63, 3.8) is 0 Å². The molecule has 0 aliphatic carbocycles. The number of hydrogen-bond acceptors (Lipinski definition) is 5. The lowest BCUT2D eigenvalue weighted by Crippen LogP contribution is -2.00. The first kappa shape index (κ1) is 12.2. The van der Waals surface area contributed by atoms with Crippen LogP contribution in [0.4, 0.5) is 5.82 Å². The second-order valence-corrected chi connectivity index (χ2v) is 4.20. The van der Waals surface area contributed by atoms with E-state index in [9.17, 15) is 4.79 Å². The van der Waals surface area contributed by atoms with E-state index in [0.717, 1.165) is 5.56 Å². The minimum absolute atomic E-state index is 0.374. The van der Waals surface area contributed by atoms with E-state index in [2.05, 4.69) is 14.7 Å². The van der Waals surface area contributed by atoms with Gasteiger partial charge in [-0.1, -0.05) is 12.1 Å². The molecular weight excluding hydrogens is 256 g/mol. The number of nitrogen functional groups attached to an aromatic ring is 1. The van der Waals surface area contributed by atoms with Gasteiger partial charge in [-0.15, -0.1) is 0 Å². The fraction of sp³-hybridized carbons (Fsp3) is 0.0714. The van der Waals surface area contributed by atoms with Crippen molar-refractivity contribution in [2.24, 2.45) is 0 Å². The smallest absolute Gasteiger partial charge is 0.337 e. The summed E-state index contributed by atoms with van der Waals surface area (Å²) in [6, 6.07) is 8.71. The van der Waals surface area contributed by atoms with Crippen molar-refractivity contribution in [2.45, 2.75) is 0 Å². The maximum Gasteiger partial charge on any atom is 0.337 e. The number of imidazole rings is 1. The van der Waals surface area contributed by atoms with Crippen LogP contribution in [0.5, 0.6) is 0 Å². The van der Waals surface area contributed by atoms with E-state index in [0.29, 0.717) is 22.9 Å². The third kappa shape index (κ3) is 1.87. The summed E-state index contributed by atoms with van der Waals surface area (Å²) in [6.45, 7) is 0. The number of aromatic nitrogens is 3. The number of nitrogens with zero attached hydrogens (tertiary/aromatic N) is 3. The third-order valence-electron chi connectivity index (χ3n) is 3.02. The number of benzene rings is 1. The second kappa shape index (κ2) is 4.65. The normalized spacial score (nSPS) is 10.7. The maximum absolute atomic E-state index is 11.4. The molecule has 2 aromatic heterocycles. The Labute approximate surface area is 114 Å². The van der Waals surface area contributed by atoms with E-state index in [1.165, 1.54) is 7.11 Å². The molecule has 0 saturated carbocycles. The van der Waals surface area contributed by atoms with E-state index in [1.807, 2.05) is 0 Å². The summed E-state index contributed by atoms with van der Waals surface area (Å²) < 4.78 is 6.37. The Morgan fingerprint density at radius 1 is 1.30 bits per heavy atom. The first-order valence-corrected chi connectivity index (χ1v) is 5.98. The average Bonchev–Trinajstić information content (AvgIpc) is 2.84. The highest BCUT2D eigenvalue weighted by molar-refractivity contribution is 5.90. The molecular formula is C14H12N4O2. The summed E-state index contributed by atoms with van der Waals surface area (Å²) in [5, 5.41) is 0. The van der Waals surface area contributed by atoms with E-state index in [-0.39, 0.29) is 5.97 Å². The molecule has 6 nitrogen and oxygen atoms in total. The molecule has 0 aliphatic heterocycles. The minimum atomic E-state index is -0.374. The topological polar surface area (TPSA) is 82.5 Å². The van der Waals surface area contributed by atoms with Crippen LogP contribution in [-0.4, -0.2) is 27.4 Å². The molecule has 0 atom stereocenters. The number of rotatable bonds is 2. The highest BCUT2D eigenvalue weighted by atomic mass is 16.5. The van der Waals surface area contributed by atoms with Crippen molar-refractivity contribution in [3.05, 3.63) is 48.3 Å². The number of methoxy groups -OCH3 is 1. The lowest BCUT2D eigenvalue weighted by Gasteiger charge is -2.01. The zero-order valence-electron chi connectivity index (χ0n) is 10.8. The monoisotopic (exact) mass is 268 g/mol. The van der Waals surface area contributed by atoms with E-state index < -0.39 is 0 Å².